The summed E-state index contributed by atoms with van der Waals surface area (Å²) in [4.78, 5) is 6.38. The van der Waals surface area contributed by atoms with Gasteiger partial charge in [0.2, 0.25) is 0 Å². The molecule has 2 aromatic rings. The average molecular weight is 321 g/mol. The van der Waals surface area contributed by atoms with Crippen molar-refractivity contribution in [3.05, 3.63) is 58.3 Å². The summed E-state index contributed by atoms with van der Waals surface area (Å²) in [5.41, 5.74) is 2.97. The highest BCUT2D eigenvalue weighted by molar-refractivity contribution is 9.10. The number of halogens is 1. The summed E-state index contributed by atoms with van der Waals surface area (Å²) in [5.74, 6) is 0. The molecule has 1 N–H and O–H groups in total. The van der Waals surface area contributed by atoms with E-state index in [1.54, 1.807) is 13.1 Å². The van der Waals surface area contributed by atoms with Crippen molar-refractivity contribution in [2.24, 2.45) is 0 Å². The van der Waals surface area contributed by atoms with Crippen LogP contribution in [0.1, 0.15) is 24.3 Å². The number of rotatable bonds is 4. The van der Waals surface area contributed by atoms with Crippen LogP contribution in [0.15, 0.2) is 47.1 Å². The molecule has 19 heavy (non-hydrogen) atoms. The van der Waals surface area contributed by atoms with Gasteiger partial charge in [0.05, 0.1) is 23.7 Å². The van der Waals surface area contributed by atoms with Gasteiger partial charge in [-0.05, 0) is 36.8 Å². The Morgan fingerprint density at radius 1 is 1.21 bits per heavy atom. The minimum absolute atomic E-state index is 0.522. The first-order valence-electron chi connectivity index (χ1n) is 6.16. The molecule has 1 aromatic heterocycles. The first-order chi connectivity index (χ1) is 9.06. The second-order valence-electron chi connectivity index (χ2n) is 4.60. The summed E-state index contributed by atoms with van der Waals surface area (Å²) in [6.45, 7) is 2.54. The maximum atomic E-state index is 9.43. The maximum Gasteiger partial charge on any atom is 0.0931 e. The quantitative estimate of drug-likeness (QED) is 0.936. The molecule has 0 fully saturated rings. The van der Waals surface area contributed by atoms with Crippen LogP contribution in [-0.4, -0.2) is 17.1 Å². The zero-order valence-corrected chi connectivity index (χ0v) is 12.6. The first kappa shape index (κ1) is 14.0. The number of aliphatic hydroxyl groups is 1. The van der Waals surface area contributed by atoms with Crippen LogP contribution in [0, 0.1) is 0 Å². The number of hydrogen-bond acceptors (Lipinski definition) is 3. The number of benzene rings is 1. The fraction of sp³-hybridized carbons (Fsp3) is 0.267. The van der Waals surface area contributed by atoms with E-state index in [2.05, 4.69) is 37.9 Å². The van der Waals surface area contributed by atoms with Crippen LogP contribution in [0.25, 0.3) is 0 Å². The number of nitrogens with zero attached hydrogens (tertiary/aromatic N) is 2. The number of aliphatic hydroxyl groups excluding tert-OH is 1. The topological polar surface area (TPSA) is 36.4 Å². The van der Waals surface area contributed by atoms with Crippen LogP contribution in [-0.2, 0) is 6.54 Å². The predicted octanol–water partition coefficient (Wildman–Crippen LogP) is 3.53. The molecular formula is C15H17BrN2O. The van der Waals surface area contributed by atoms with Gasteiger partial charge in [-0.25, -0.2) is 0 Å². The third-order valence-corrected chi connectivity index (χ3v) is 3.50. The Balaban J connectivity index is 2.07. The van der Waals surface area contributed by atoms with Gasteiger partial charge < -0.3 is 10.0 Å². The first-order valence-corrected chi connectivity index (χ1v) is 6.95. The van der Waals surface area contributed by atoms with E-state index in [1.807, 2.05) is 31.3 Å². The van der Waals surface area contributed by atoms with Crippen LogP contribution in [0.3, 0.4) is 0 Å². The molecule has 0 saturated heterocycles. The lowest BCUT2D eigenvalue weighted by Crippen LogP contribution is -2.16. The monoisotopic (exact) mass is 320 g/mol. The fourth-order valence-electron chi connectivity index (χ4n) is 1.83. The fourth-order valence-corrected chi connectivity index (χ4v) is 2.09. The smallest absolute Gasteiger partial charge is 0.0931 e. The van der Waals surface area contributed by atoms with Gasteiger partial charge in [-0.2, -0.15) is 0 Å². The lowest BCUT2D eigenvalue weighted by Gasteiger charge is -2.19. The highest BCUT2D eigenvalue weighted by Crippen LogP contribution is 2.18. The third kappa shape index (κ3) is 3.78. The summed E-state index contributed by atoms with van der Waals surface area (Å²) in [6.07, 6.45) is 1.27. The molecule has 1 atom stereocenters. The van der Waals surface area contributed by atoms with Gasteiger partial charge in [-0.3, -0.25) is 4.98 Å². The Hall–Kier alpha value is -1.39. The van der Waals surface area contributed by atoms with Crippen molar-refractivity contribution in [3.8, 4) is 0 Å². The highest BCUT2D eigenvalue weighted by Gasteiger charge is 2.05. The van der Waals surface area contributed by atoms with Gasteiger partial charge in [0, 0.05) is 18.1 Å². The Labute approximate surface area is 122 Å². The molecule has 1 heterocycles. The Morgan fingerprint density at radius 2 is 1.89 bits per heavy atom. The number of pyridine rings is 1. The molecule has 3 nitrogen and oxygen atoms in total. The standard InChI is InChI=1S/C15H17BrN2O/c1-11(19)15-8-7-14(9-17-15)18(2)10-12-3-5-13(16)6-4-12/h3-9,11,19H,10H2,1-2H3/t11-/m0/s1. The second kappa shape index (κ2) is 6.17. The van der Waals surface area contributed by atoms with E-state index >= 15 is 0 Å². The summed E-state index contributed by atoms with van der Waals surface area (Å²) < 4.78 is 1.09. The molecule has 0 aliphatic heterocycles. The van der Waals surface area contributed by atoms with Crippen LogP contribution in [0.4, 0.5) is 5.69 Å². The van der Waals surface area contributed by atoms with E-state index < -0.39 is 6.10 Å². The average Bonchev–Trinajstić information content (AvgIpc) is 2.41. The molecule has 0 aliphatic carbocycles. The predicted molar refractivity (Wildman–Crippen MR) is 81.1 cm³/mol. The molecule has 0 amide bonds. The summed E-state index contributed by atoms with van der Waals surface area (Å²) in [6, 6.07) is 12.1. The van der Waals surface area contributed by atoms with Crippen molar-refractivity contribution in [1.82, 2.24) is 4.98 Å². The molecule has 0 spiro atoms. The third-order valence-electron chi connectivity index (χ3n) is 2.97. The Morgan fingerprint density at radius 3 is 2.42 bits per heavy atom. The van der Waals surface area contributed by atoms with E-state index in [4.69, 9.17) is 0 Å². The maximum absolute atomic E-state index is 9.43. The number of anilines is 1. The molecule has 2 rings (SSSR count). The molecule has 100 valence electrons. The Kier molecular flexibility index (Phi) is 4.56. The van der Waals surface area contributed by atoms with Crippen molar-refractivity contribution in [3.63, 3.8) is 0 Å². The normalized spacial score (nSPS) is 12.2. The second-order valence-corrected chi connectivity index (χ2v) is 5.52. The van der Waals surface area contributed by atoms with Crippen LogP contribution in [0.5, 0.6) is 0 Å². The van der Waals surface area contributed by atoms with Crippen molar-refractivity contribution in [2.75, 3.05) is 11.9 Å². The van der Waals surface area contributed by atoms with Gasteiger partial charge in [-0.15, -0.1) is 0 Å². The highest BCUT2D eigenvalue weighted by atomic mass is 79.9. The summed E-state index contributed by atoms with van der Waals surface area (Å²) in [5, 5.41) is 9.43. The summed E-state index contributed by atoms with van der Waals surface area (Å²) >= 11 is 3.43. The number of aromatic nitrogens is 1. The molecular weight excluding hydrogens is 304 g/mol. The molecule has 0 aliphatic rings. The van der Waals surface area contributed by atoms with E-state index in [9.17, 15) is 5.11 Å². The van der Waals surface area contributed by atoms with Crippen LogP contribution >= 0.6 is 15.9 Å². The Bertz CT molecular complexity index is 523. The summed E-state index contributed by atoms with van der Waals surface area (Å²) in [7, 11) is 2.03. The lowest BCUT2D eigenvalue weighted by molar-refractivity contribution is 0.194. The number of hydrogen-bond donors (Lipinski definition) is 1. The van der Waals surface area contributed by atoms with Crippen LogP contribution in [0.2, 0.25) is 0 Å². The lowest BCUT2D eigenvalue weighted by atomic mass is 10.2. The minimum atomic E-state index is -0.522. The molecule has 0 saturated carbocycles. The van der Waals surface area contributed by atoms with E-state index in [0.717, 1.165) is 16.7 Å². The van der Waals surface area contributed by atoms with Crippen molar-refractivity contribution in [1.29, 1.82) is 0 Å². The van der Waals surface area contributed by atoms with Gasteiger partial charge in [-0.1, -0.05) is 28.1 Å². The van der Waals surface area contributed by atoms with Gasteiger partial charge >= 0.3 is 0 Å². The molecule has 4 heteroatoms. The zero-order chi connectivity index (χ0) is 13.8. The SMILES string of the molecule is C[C@H](O)c1ccc(N(C)Cc2ccc(Br)cc2)cn1. The van der Waals surface area contributed by atoms with Crippen molar-refractivity contribution in [2.45, 2.75) is 19.6 Å². The minimum Gasteiger partial charge on any atom is -0.387 e. The molecule has 0 bridgehead atoms. The van der Waals surface area contributed by atoms with Crippen molar-refractivity contribution >= 4 is 21.6 Å². The molecule has 1 aromatic carbocycles. The molecule has 0 unspecified atom stereocenters. The zero-order valence-electron chi connectivity index (χ0n) is 11.0. The van der Waals surface area contributed by atoms with E-state index in [-0.39, 0.29) is 0 Å². The van der Waals surface area contributed by atoms with E-state index in [0.29, 0.717) is 5.69 Å². The van der Waals surface area contributed by atoms with Gasteiger partial charge in [0.25, 0.3) is 0 Å². The van der Waals surface area contributed by atoms with Crippen molar-refractivity contribution < 1.29 is 5.11 Å². The van der Waals surface area contributed by atoms with Gasteiger partial charge in [0.1, 0.15) is 0 Å². The van der Waals surface area contributed by atoms with Gasteiger partial charge in [0.15, 0.2) is 0 Å². The largest absolute Gasteiger partial charge is 0.387 e. The van der Waals surface area contributed by atoms with Crippen LogP contribution < -0.4 is 4.90 Å². The molecule has 0 radical (unpaired) electrons. The van der Waals surface area contributed by atoms with E-state index in [1.165, 1.54) is 5.56 Å².